The van der Waals surface area contributed by atoms with Gasteiger partial charge in [-0.3, -0.25) is 0 Å². The number of methoxy groups -OCH3 is 1. The smallest absolute Gasteiger partial charge is 0.127 e. The van der Waals surface area contributed by atoms with Gasteiger partial charge in [-0.05, 0) is 30.7 Å². The van der Waals surface area contributed by atoms with Gasteiger partial charge < -0.3 is 14.2 Å². The number of hydrogen-bond acceptors (Lipinski definition) is 3. The molecule has 2 rings (SSSR count). The van der Waals surface area contributed by atoms with Crippen molar-refractivity contribution >= 4 is 27.5 Å². The van der Waals surface area contributed by atoms with Gasteiger partial charge in [0.05, 0.1) is 13.2 Å². The number of rotatable bonds is 6. The highest BCUT2D eigenvalue weighted by Gasteiger charge is 2.42. The molecular formula is C14H18BrClO3. The highest BCUT2D eigenvalue weighted by atomic mass is 79.9. The lowest BCUT2D eigenvalue weighted by atomic mass is 9.91. The Morgan fingerprint density at radius 1 is 1.37 bits per heavy atom. The Kier molecular flexibility index (Phi) is 5.51. The van der Waals surface area contributed by atoms with Crippen molar-refractivity contribution in [2.45, 2.75) is 30.4 Å². The second-order valence-electron chi connectivity index (χ2n) is 4.65. The third kappa shape index (κ3) is 3.85. The lowest BCUT2D eigenvalue weighted by molar-refractivity contribution is -0.0865. The highest BCUT2D eigenvalue weighted by Crippen LogP contribution is 2.34. The monoisotopic (exact) mass is 348 g/mol. The minimum Gasteiger partial charge on any atom is -0.488 e. The van der Waals surface area contributed by atoms with E-state index in [4.69, 9.17) is 25.8 Å². The van der Waals surface area contributed by atoms with Crippen LogP contribution in [0.15, 0.2) is 18.2 Å². The Balaban J connectivity index is 1.89. The fourth-order valence-corrected chi connectivity index (χ4v) is 2.97. The Morgan fingerprint density at radius 2 is 2.16 bits per heavy atom. The van der Waals surface area contributed by atoms with Crippen LogP contribution in [-0.2, 0) is 9.47 Å². The van der Waals surface area contributed by atoms with Crippen molar-refractivity contribution in [2.24, 2.45) is 0 Å². The summed E-state index contributed by atoms with van der Waals surface area (Å²) in [6, 6.07) is 5.70. The average Bonchev–Trinajstić information content (AvgIpc) is 2.38. The number of aryl methyl sites for hydroxylation is 1. The van der Waals surface area contributed by atoms with Gasteiger partial charge in [0, 0.05) is 23.4 Å². The third-order valence-corrected chi connectivity index (χ3v) is 4.51. The first-order valence-corrected chi connectivity index (χ1v) is 7.58. The van der Waals surface area contributed by atoms with E-state index in [-0.39, 0.29) is 12.2 Å². The Bertz CT molecular complexity index is 427. The van der Waals surface area contributed by atoms with Crippen LogP contribution in [0, 0.1) is 6.92 Å². The highest BCUT2D eigenvalue weighted by molar-refractivity contribution is 9.09. The largest absolute Gasteiger partial charge is 0.488 e. The lowest BCUT2D eigenvalue weighted by Crippen LogP contribution is -2.52. The molecule has 0 heterocycles. The molecule has 3 atom stereocenters. The van der Waals surface area contributed by atoms with E-state index in [1.807, 2.05) is 25.1 Å². The van der Waals surface area contributed by atoms with Crippen LogP contribution in [-0.4, -0.2) is 37.4 Å². The van der Waals surface area contributed by atoms with Gasteiger partial charge in [-0.15, -0.1) is 0 Å². The molecule has 5 heteroatoms. The van der Waals surface area contributed by atoms with Crippen LogP contribution in [0.25, 0.3) is 0 Å². The predicted molar refractivity (Wildman–Crippen MR) is 79.6 cm³/mol. The van der Waals surface area contributed by atoms with Gasteiger partial charge in [0.25, 0.3) is 0 Å². The predicted octanol–water partition coefficient (Wildman–Crippen LogP) is 3.59. The summed E-state index contributed by atoms with van der Waals surface area (Å²) in [7, 11) is 1.67. The zero-order valence-corrected chi connectivity index (χ0v) is 13.4. The Morgan fingerprint density at radius 3 is 2.79 bits per heavy atom. The first-order chi connectivity index (χ1) is 9.11. The summed E-state index contributed by atoms with van der Waals surface area (Å²) in [5.41, 5.74) is 1.02. The molecule has 0 amide bonds. The second kappa shape index (κ2) is 6.93. The van der Waals surface area contributed by atoms with E-state index in [0.29, 0.717) is 18.0 Å². The molecule has 0 bridgehead atoms. The molecule has 0 N–H and O–H groups in total. The summed E-state index contributed by atoms with van der Waals surface area (Å²) < 4.78 is 16.7. The molecule has 0 aliphatic heterocycles. The van der Waals surface area contributed by atoms with Gasteiger partial charge in [0.15, 0.2) is 0 Å². The fraction of sp³-hybridized carbons (Fsp3) is 0.571. The standard InChI is InChI=1S/C14H18BrClO3/c1-9-7-10(3-4-12(9)16)19-13-8-11(15)14(13)18-6-5-17-2/h3-4,7,11,13-14H,5-6,8H2,1-2H3. The number of ether oxygens (including phenoxy) is 3. The molecule has 3 unspecified atom stereocenters. The van der Waals surface area contributed by atoms with Crippen molar-refractivity contribution < 1.29 is 14.2 Å². The van der Waals surface area contributed by atoms with Crippen LogP contribution >= 0.6 is 27.5 Å². The molecule has 0 radical (unpaired) electrons. The first kappa shape index (κ1) is 15.1. The molecule has 0 spiro atoms. The normalized spacial score (nSPS) is 26.0. The van der Waals surface area contributed by atoms with Gasteiger partial charge in [-0.1, -0.05) is 27.5 Å². The molecule has 1 aromatic carbocycles. The van der Waals surface area contributed by atoms with Gasteiger partial charge in [0.2, 0.25) is 0 Å². The number of hydrogen-bond donors (Lipinski definition) is 0. The number of alkyl halides is 1. The molecule has 0 aromatic heterocycles. The van der Waals surface area contributed by atoms with Crippen molar-refractivity contribution in [3.8, 4) is 5.75 Å². The zero-order chi connectivity index (χ0) is 13.8. The maximum absolute atomic E-state index is 6.00. The third-order valence-electron chi connectivity index (χ3n) is 3.20. The van der Waals surface area contributed by atoms with E-state index >= 15 is 0 Å². The van der Waals surface area contributed by atoms with Gasteiger partial charge >= 0.3 is 0 Å². The minimum atomic E-state index is 0.0751. The molecule has 1 fully saturated rings. The van der Waals surface area contributed by atoms with Crippen LogP contribution in [0.4, 0.5) is 0 Å². The van der Waals surface area contributed by atoms with Crippen molar-refractivity contribution in [1.29, 1.82) is 0 Å². The molecule has 19 heavy (non-hydrogen) atoms. The van der Waals surface area contributed by atoms with E-state index in [0.717, 1.165) is 22.8 Å². The maximum Gasteiger partial charge on any atom is 0.127 e. The number of benzene rings is 1. The van der Waals surface area contributed by atoms with Crippen LogP contribution in [0.5, 0.6) is 5.75 Å². The van der Waals surface area contributed by atoms with Crippen molar-refractivity contribution in [2.75, 3.05) is 20.3 Å². The van der Waals surface area contributed by atoms with Crippen molar-refractivity contribution in [3.05, 3.63) is 28.8 Å². The molecule has 0 saturated heterocycles. The topological polar surface area (TPSA) is 27.7 Å². The molecule has 3 nitrogen and oxygen atoms in total. The summed E-state index contributed by atoms with van der Waals surface area (Å²) in [6.45, 7) is 3.15. The Labute approximate surface area is 127 Å². The molecule has 1 aliphatic carbocycles. The van der Waals surface area contributed by atoms with Crippen LogP contribution < -0.4 is 4.74 Å². The SMILES string of the molecule is COCCOC1C(Br)CC1Oc1ccc(Cl)c(C)c1. The summed E-state index contributed by atoms with van der Waals surface area (Å²) >= 11 is 9.59. The summed E-state index contributed by atoms with van der Waals surface area (Å²) in [4.78, 5) is 0.350. The molecule has 106 valence electrons. The van der Waals surface area contributed by atoms with E-state index in [2.05, 4.69) is 15.9 Å². The zero-order valence-electron chi connectivity index (χ0n) is 11.1. The molecule has 1 aromatic rings. The molecule has 1 aliphatic rings. The average molecular weight is 350 g/mol. The maximum atomic E-state index is 6.00. The van der Waals surface area contributed by atoms with Gasteiger partial charge in [-0.25, -0.2) is 0 Å². The van der Waals surface area contributed by atoms with Gasteiger partial charge in [-0.2, -0.15) is 0 Å². The van der Waals surface area contributed by atoms with Crippen LogP contribution in [0.2, 0.25) is 5.02 Å². The lowest BCUT2D eigenvalue weighted by Gasteiger charge is -2.40. The van der Waals surface area contributed by atoms with E-state index < -0.39 is 0 Å². The summed E-state index contributed by atoms with van der Waals surface area (Å²) in [6.07, 6.45) is 1.10. The van der Waals surface area contributed by atoms with Crippen molar-refractivity contribution in [1.82, 2.24) is 0 Å². The van der Waals surface area contributed by atoms with Crippen LogP contribution in [0.1, 0.15) is 12.0 Å². The summed E-state index contributed by atoms with van der Waals surface area (Å²) in [5, 5.41) is 0.757. The molecule has 1 saturated carbocycles. The van der Waals surface area contributed by atoms with E-state index in [9.17, 15) is 0 Å². The second-order valence-corrected chi connectivity index (χ2v) is 6.23. The summed E-state index contributed by atoms with van der Waals surface area (Å²) in [5.74, 6) is 0.839. The van der Waals surface area contributed by atoms with E-state index in [1.54, 1.807) is 7.11 Å². The fourth-order valence-electron chi connectivity index (χ4n) is 1.99. The minimum absolute atomic E-state index is 0.0751. The quantitative estimate of drug-likeness (QED) is 0.580. The van der Waals surface area contributed by atoms with Crippen LogP contribution in [0.3, 0.4) is 0 Å². The number of halogens is 2. The van der Waals surface area contributed by atoms with E-state index in [1.165, 1.54) is 0 Å². The van der Waals surface area contributed by atoms with Gasteiger partial charge in [0.1, 0.15) is 18.0 Å². The first-order valence-electron chi connectivity index (χ1n) is 6.29. The Hall–Kier alpha value is -0.290. The molecular weight excluding hydrogens is 332 g/mol. The van der Waals surface area contributed by atoms with Crippen molar-refractivity contribution in [3.63, 3.8) is 0 Å².